The van der Waals surface area contributed by atoms with Crippen molar-refractivity contribution >= 4 is 33.3 Å². The summed E-state index contributed by atoms with van der Waals surface area (Å²) < 4.78 is 20.6. The molecule has 3 aromatic heterocycles. The van der Waals surface area contributed by atoms with Crippen molar-refractivity contribution in [2.24, 2.45) is 0 Å². The van der Waals surface area contributed by atoms with Crippen molar-refractivity contribution < 1.29 is 8.81 Å². The van der Waals surface area contributed by atoms with Gasteiger partial charge in [0.05, 0.1) is 11.1 Å². The van der Waals surface area contributed by atoms with E-state index in [2.05, 4.69) is 4.98 Å². The third kappa shape index (κ3) is 3.38. The zero-order valence-corrected chi connectivity index (χ0v) is 17.3. The normalized spacial score (nSPS) is 11.4. The van der Waals surface area contributed by atoms with E-state index in [0.29, 0.717) is 40.0 Å². The van der Waals surface area contributed by atoms with Gasteiger partial charge in [0.2, 0.25) is 5.89 Å². The molecule has 0 saturated carbocycles. The second-order valence-corrected chi connectivity index (χ2v) is 8.50. The first kappa shape index (κ1) is 18.9. The zero-order valence-electron chi connectivity index (χ0n) is 15.7. The second kappa shape index (κ2) is 7.52. The van der Waals surface area contributed by atoms with Crippen LogP contribution in [0.5, 0.6) is 0 Å². The van der Waals surface area contributed by atoms with Gasteiger partial charge in [0.25, 0.3) is 5.56 Å². The molecule has 0 aliphatic carbocycles. The number of rotatable bonds is 5. The predicted molar refractivity (Wildman–Crippen MR) is 110 cm³/mol. The van der Waals surface area contributed by atoms with Gasteiger partial charge < -0.3 is 4.42 Å². The van der Waals surface area contributed by atoms with E-state index in [-0.39, 0.29) is 11.4 Å². The zero-order chi connectivity index (χ0) is 19.8. The van der Waals surface area contributed by atoms with Crippen molar-refractivity contribution in [3.63, 3.8) is 0 Å². The molecular formula is C20H18FN3O2S2. The standard InChI is InChI=1S/C20H18FN3O2S2/c1-4-24-19(25)16-11(2)12(3)28-18(16)23-20(24)27-10-15-9-26-17(22-15)13-6-5-7-14(21)8-13/h5-9H,4,10H2,1-3H3. The highest BCUT2D eigenvalue weighted by molar-refractivity contribution is 7.98. The average molecular weight is 416 g/mol. The summed E-state index contributed by atoms with van der Waals surface area (Å²) in [6.45, 7) is 6.46. The first-order valence-corrected chi connectivity index (χ1v) is 10.6. The van der Waals surface area contributed by atoms with Gasteiger partial charge >= 0.3 is 0 Å². The van der Waals surface area contributed by atoms with Crippen LogP contribution in [0.15, 0.2) is 44.9 Å². The number of thiophene rings is 1. The van der Waals surface area contributed by atoms with E-state index in [1.807, 2.05) is 20.8 Å². The van der Waals surface area contributed by atoms with Gasteiger partial charge in [-0.15, -0.1) is 11.3 Å². The van der Waals surface area contributed by atoms with Gasteiger partial charge in [-0.05, 0) is 44.5 Å². The smallest absolute Gasteiger partial charge is 0.263 e. The molecule has 0 N–H and O–H groups in total. The van der Waals surface area contributed by atoms with Gasteiger partial charge in [-0.1, -0.05) is 17.8 Å². The van der Waals surface area contributed by atoms with E-state index in [1.165, 1.54) is 23.9 Å². The highest BCUT2D eigenvalue weighted by Gasteiger charge is 2.17. The molecule has 0 bridgehead atoms. The molecule has 8 heteroatoms. The molecule has 4 aromatic rings. The van der Waals surface area contributed by atoms with Crippen molar-refractivity contribution in [3.05, 3.63) is 62.8 Å². The lowest BCUT2D eigenvalue weighted by Gasteiger charge is -2.09. The quantitative estimate of drug-likeness (QED) is 0.332. The highest BCUT2D eigenvalue weighted by Crippen LogP contribution is 2.30. The van der Waals surface area contributed by atoms with Crippen molar-refractivity contribution in [3.8, 4) is 11.5 Å². The summed E-state index contributed by atoms with van der Waals surface area (Å²) in [5, 5.41) is 1.38. The summed E-state index contributed by atoms with van der Waals surface area (Å²) in [6, 6.07) is 6.13. The van der Waals surface area contributed by atoms with E-state index in [4.69, 9.17) is 9.40 Å². The lowest BCUT2D eigenvalue weighted by atomic mass is 10.2. The Morgan fingerprint density at radius 3 is 2.86 bits per heavy atom. The Morgan fingerprint density at radius 1 is 1.29 bits per heavy atom. The Balaban J connectivity index is 1.62. The van der Waals surface area contributed by atoms with E-state index >= 15 is 0 Å². The molecule has 144 valence electrons. The minimum absolute atomic E-state index is 0.00236. The van der Waals surface area contributed by atoms with Crippen LogP contribution in [0.2, 0.25) is 0 Å². The molecule has 0 spiro atoms. The Morgan fingerprint density at radius 2 is 2.11 bits per heavy atom. The minimum Gasteiger partial charge on any atom is -0.444 e. The molecule has 3 heterocycles. The van der Waals surface area contributed by atoms with Crippen LogP contribution >= 0.6 is 23.1 Å². The molecule has 0 fully saturated rings. The molecule has 0 radical (unpaired) electrons. The highest BCUT2D eigenvalue weighted by atomic mass is 32.2. The number of halogens is 1. The molecular weight excluding hydrogens is 397 g/mol. The molecule has 1 aromatic carbocycles. The summed E-state index contributed by atoms with van der Waals surface area (Å²) in [6.07, 6.45) is 1.56. The SMILES string of the molecule is CCn1c(SCc2coc(-c3cccc(F)c3)n2)nc2sc(C)c(C)c2c1=O. The Hall–Kier alpha value is -2.45. The predicted octanol–water partition coefficient (Wildman–Crippen LogP) is 5.18. The molecule has 28 heavy (non-hydrogen) atoms. The number of thioether (sulfide) groups is 1. The maximum absolute atomic E-state index is 13.4. The van der Waals surface area contributed by atoms with Crippen molar-refractivity contribution in [1.29, 1.82) is 0 Å². The maximum atomic E-state index is 13.4. The fourth-order valence-electron chi connectivity index (χ4n) is 2.96. The van der Waals surface area contributed by atoms with Gasteiger partial charge in [-0.3, -0.25) is 9.36 Å². The monoisotopic (exact) mass is 415 g/mol. The lowest BCUT2D eigenvalue weighted by Crippen LogP contribution is -2.22. The maximum Gasteiger partial charge on any atom is 0.263 e. The Bertz CT molecular complexity index is 1230. The molecule has 0 aliphatic heterocycles. The van der Waals surface area contributed by atoms with Gasteiger partial charge in [-0.2, -0.15) is 0 Å². The molecule has 0 atom stereocenters. The van der Waals surface area contributed by atoms with Crippen molar-refractivity contribution in [1.82, 2.24) is 14.5 Å². The molecule has 5 nitrogen and oxygen atoms in total. The molecule has 0 saturated heterocycles. The molecule has 0 amide bonds. The average Bonchev–Trinajstić information content (AvgIpc) is 3.25. The first-order valence-electron chi connectivity index (χ1n) is 8.81. The van der Waals surface area contributed by atoms with E-state index in [9.17, 15) is 9.18 Å². The third-order valence-corrected chi connectivity index (χ3v) is 6.65. The number of aromatic nitrogens is 3. The molecule has 0 unspecified atom stereocenters. The number of hydrogen-bond donors (Lipinski definition) is 0. The third-order valence-electron chi connectivity index (χ3n) is 4.54. The van der Waals surface area contributed by atoms with E-state index in [0.717, 1.165) is 15.3 Å². The number of benzene rings is 1. The van der Waals surface area contributed by atoms with Crippen LogP contribution in [0.25, 0.3) is 21.7 Å². The summed E-state index contributed by atoms with van der Waals surface area (Å²) in [7, 11) is 0. The number of fused-ring (bicyclic) bond motifs is 1. The van der Waals surface area contributed by atoms with Gasteiger partial charge in [-0.25, -0.2) is 14.4 Å². The summed E-state index contributed by atoms with van der Waals surface area (Å²) in [5.41, 5.74) is 2.30. The van der Waals surface area contributed by atoms with Crippen LogP contribution in [0.1, 0.15) is 23.1 Å². The Labute approximate surface area is 169 Å². The van der Waals surface area contributed by atoms with Crippen LogP contribution < -0.4 is 5.56 Å². The van der Waals surface area contributed by atoms with Crippen molar-refractivity contribution in [2.45, 2.75) is 38.2 Å². The topological polar surface area (TPSA) is 60.9 Å². The second-order valence-electron chi connectivity index (χ2n) is 6.35. The molecule has 0 aliphatic rings. The lowest BCUT2D eigenvalue weighted by molar-refractivity contribution is 0.571. The van der Waals surface area contributed by atoms with Crippen LogP contribution in [-0.2, 0) is 12.3 Å². The number of nitrogens with zero attached hydrogens (tertiary/aromatic N) is 3. The Kier molecular flexibility index (Phi) is 5.07. The van der Waals surface area contributed by atoms with E-state index in [1.54, 1.807) is 34.3 Å². The fraction of sp³-hybridized carbons (Fsp3) is 0.250. The number of hydrogen-bond acceptors (Lipinski definition) is 6. The first-order chi connectivity index (χ1) is 13.5. The van der Waals surface area contributed by atoms with Crippen LogP contribution in [0.3, 0.4) is 0 Å². The summed E-state index contributed by atoms with van der Waals surface area (Å²) in [4.78, 5) is 23.9. The number of aryl methyl sites for hydroxylation is 2. The fourth-order valence-corrected chi connectivity index (χ4v) is 4.97. The van der Waals surface area contributed by atoms with Crippen LogP contribution in [-0.4, -0.2) is 14.5 Å². The largest absolute Gasteiger partial charge is 0.444 e. The van der Waals surface area contributed by atoms with Gasteiger partial charge in [0, 0.05) is 22.7 Å². The van der Waals surface area contributed by atoms with E-state index < -0.39 is 0 Å². The number of oxazole rings is 1. The molecule has 4 rings (SSSR count). The summed E-state index contributed by atoms with van der Waals surface area (Å²) >= 11 is 2.99. The minimum atomic E-state index is -0.336. The van der Waals surface area contributed by atoms with Gasteiger partial charge in [0.15, 0.2) is 5.16 Å². The van der Waals surface area contributed by atoms with Crippen LogP contribution in [0, 0.1) is 19.7 Å². The van der Waals surface area contributed by atoms with Gasteiger partial charge in [0.1, 0.15) is 16.9 Å². The summed E-state index contributed by atoms with van der Waals surface area (Å²) in [5.74, 6) is 0.536. The van der Waals surface area contributed by atoms with Crippen molar-refractivity contribution in [2.75, 3.05) is 0 Å². The van der Waals surface area contributed by atoms with Crippen LogP contribution in [0.4, 0.5) is 4.39 Å².